The summed E-state index contributed by atoms with van der Waals surface area (Å²) in [4.78, 5) is 14.6. The van der Waals surface area contributed by atoms with E-state index in [1.165, 1.54) is 70.3 Å². The first-order chi connectivity index (χ1) is 16.8. The van der Waals surface area contributed by atoms with Crippen LogP contribution in [0.1, 0.15) is 103 Å². The van der Waals surface area contributed by atoms with E-state index in [9.17, 15) is 13.6 Å². The van der Waals surface area contributed by atoms with E-state index >= 15 is 0 Å². The van der Waals surface area contributed by atoms with E-state index in [1.54, 1.807) is 4.90 Å². The Morgan fingerprint density at radius 2 is 1.80 bits per heavy atom. The minimum absolute atomic E-state index is 0.00112. The van der Waals surface area contributed by atoms with Gasteiger partial charge in [0, 0.05) is 19.0 Å². The molecule has 1 aliphatic heterocycles. The average molecular weight is 484 g/mol. The third kappa shape index (κ3) is 3.79. The van der Waals surface area contributed by atoms with E-state index < -0.39 is 11.6 Å². The number of carbonyl (C=O) groups excluding carboxylic acids is 1. The Bertz CT molecular complexity index is 992. The summed E-state index contributed by atoms with van der Waals surface area (Å²) in [6.07, 6.45) is 17.2. The van der Waals surface area contributed by atoms with Crippen molar-refractivity contribution >= 4 is 11.6 Å². The van der Waals surface area contributed by atoms with Crippen molar-refractivity contribution in [1.29, 1.82) is 0 Å². The van der Waals surface area contributed by atoms with Crippen molar-refractivity contribution in [3.8, 4) is 0 Å². The van der Waals surface area contributed by atoms with Gasteiger partial charge in [-0.1, -0.05) is 26.7 Å². The Hall–Kier alpha value is -1.45. The summed E-state index contributed by atoms with van der Waals surface area (Å²) in [5, 5.41) is 0. The van der Waals surface area contributed by atoms with Gasteiger partial charge < -0.3 is 4.90 Å². The van der Waals surface area contributed by atoms with Crippen molar-refractivity contribution in [2.75, 3.05) is 11.4 Å². The molecule has 2 nitrogen and oxygen atoms in total. The van der Waals surface area contributed by atoms with Crippen LogP contribution < -0.4 is 4.90 Å². The highest BCUT2D eigenvalue weighted by molar-refractivity contribution is 5.95. The fraction of sp³-hybridized carbons (Fsp3) is 0.774. The fourth-order valence-corrected chi connectivity index (χ4v) is 10.2. The first-order valence-corrected chi connectivity index (χ1v) is 14.6. The van der Waals surface area contributed by atoms with Crippen LogP contribution in [0.25, 0.3) is 0 Å². The summed E-state index contributed by atoms with van der Waals surface area (Å²) in [6.45, 7) is 5.71. The topological polar surface area (TPSA) is 20.3 Å². The molecule has 6 rings (SSSR count). The first kappa shape index (κ1) is 23.9. The molecule has 35 heavy (non-hydrogen) atoms. The summed E-state index contributed by atoms with van der Waals surface area (Å²) in [5.41, 5.74) is 1.97. The molecular formula is C31H43F2NO. The minimum atomic E-state index is -0.602. The van der Waals surface area contributed by atoms with Crippen molar-refractivity contribution in [2.45, 2.75) is 104 Å². The monoisotopic (exact) mass is 483 g/mol. The maximum absolute atomic E-state index is 14.4. The second kappa shape index (κ2) is 8.84. The molecule has 4 heteroatoms. The molecule has 4 aliphatic carbocycles. The van der Waals surface area contributed by atoms with E-state index in [-0.39, 0.29) is 5.91 Å². The summed E-state index contributed by atoms with van der Waals surface area (Å²) >= 11 is 0. The Balaban J connectivity index is 1.08. The van der Waals surface area contributed by atoms with Gasteiger partial charge in [-0.2, -0.15) is 0 Å². The van der Waals surface area contributed by atoms with Gasteiger partial charge in [-0.25, -0.2) is 8.78 Å². The lowest BCUT2D eigenvalue weighted by molar-refractivity contribution is -0.119. The molecule has 5 aliphatic rings. The van der Waals surface area contributed by atoms with E-state index in [0.29, 0.717) is 41.5 Å². The van der Waals surface area contributed by atoms with Crippen LogP contribution in [-0.4, -0.2) is 12.5 Å². The van der Waals surface area contributed by atoms with E-state index in [0.717, 1.165) is 48.5 Å². The molecule has 1 aromatic rings. The van der Waals surface area contributed by atoms with Gasteiger partial charge in [0.2, 0.25) is 5.91 Å². The lowest BCUT2D eigenvalue weighted by Crippen LogP contribution is -2.52. The van der Waals surface area contributed by atoms with Gasteiger partial charge >= 0.3 is 0 Å². The van der Waals surface area contributed by atoms with Gasteiger partial charge in [0.05, 0.1) is 5.69 Å². The molecule has 0 N–H and O–H groups in total. The number of hydrogen-bond acceptors (Lipinski definition) is 1. The smallest absolute Gasteiger partial charge is 0.227 e. The molecule has 1 heterocycles. The van der Waals surface area contributed by atoms with Crippen molar-refractivity contribution in [1.82, 2.24) is 0 Å². The lowest BCUT2D eigenvalue weighted by Gasteiger charge is -2.60. The van der Waals surface area contributed by atoms with Crippen LogP contribution in [0, 0.1) is 52.1 Å². The van der Waals surface area contributed by atoms with Crippen LogP contribution in [0.3, 0.4) is 0 Å². The number of carbonyl (C=O) groups is 1. The normalized spacial score (nSPS) is 40.1. The van der Waals surface area contributed by atoms with Crippen LogP contribution in [0.15, 0.2) is 12.1 Å². The maximum Gasteiger partial charge on any atom is 0.227 e. The summed E-state index contributed by atoms with van der Waals surface area (Å²) in [6, 6.07) is 2.28. The molecule has 7 atom stereocenters. The summed E-state index contributed by atoms with van der Waals surface area (Å²) in [7, 11) is 0. The number of halogens is 2. The number of rotatable bonds is 4. The molecule has 1 aromatic carbocycles. The predicted octanol–water partition coefficient (Wildman–Crippen LogP) is 8.07. The van der Waals surface area contributed by atoms with Gasteiger partial charge in [-0.05, 0) is 123 Å². The van der Waals surface area contributed by atoms with Gasteiger partial charge in [0.25, 0.3) is 0 Å². The second-order valence-electron chi connectivity index (χ2n) is 13.3. The van der Waals surface area contributed by atoms with Crippen LogP contribution in [-0.2, 0) is 11.2 Å². The number of nitrogens with zero attached hydrogens (tertiary/aromatic N) is 1. The highest BCUT2D eigenvalue weighted by atomic mass is 19.1. The Morgan fingerprint density at radius 1 is 0.971 bits per heavy atom. The van der Waals surface area contributed by atoms with Crippen LogP contribution in [0.5, 0.6) is 0 Å². The fourth-order valence-electron chi connectivity index (χ4n) is 10.2. The molecule has 0 spiro atoms. The van der Waals surface area contributed by atoms with Gasteiger partial charge in [-0.15, -0.1) is 0 Å². The Labute approximate surface area is 210 Å². The number of benzene rings is 1. The number of amides is 1. The Kier molecular flexibility index (Phi) is 6.04. The third-order valence-corrected chi connectivity index (χ3v) is 12.0. The summed E-state index contributed by atoms with van der Waals surface area (Å²) in [5.74, 6) is 3.27. The standard InChI is InChI=1S/C31H43F2NO/c1-30-15-4-3-6-21(30)9-11-24-25-12-10-22(31(25,2)16-13-26(24)30)7-5-8-28(35)34-17-14-20-18-23(32)19-27(33)29(20)34/h18-19,21-22,24-26H,3-17H2,1-2H3. The third-order valence-electron chi connectivity index (χ3n) is 12.0. The molecular weight excluding hydrogens is 440 g/mol. The largest absolute Gasteiger partial charge is 0.309 e. The molecule has 4 fully saturated rings. The highest BCUT2D eigenvalue weighted by Gasteiger charge is 2.59. The first-order valence-electron chi connectivity index (χ1n) is 14.6. The molecule has 4 saturated carbocycles. The molecule has 192 valence electrons. The van der Waals surface area contributed by atoms with Gasteiger partial charge in [0.1, 0.15) is 11.6 Å². The molecule has 0 radical (unpaired) electrons. The molecule has 7 unspecified atom stereocenters. The molecule has 0 saturated heterocycles. The zero-order chi connectivity index (χ0) is 24.4. The van der Waals surface area contributed by atoms with Crippen molar-refractivity contribution in [2.24, 2.45) is 40.4 Å². The number of anilines is 1. The number of fused-ring (bicyclic) bond motifs is 6. The zero-order valence-electron chi connectivity index (χ0n) is 21.8. The van der Waals surface area contributed by atoms with E-state index in [1.807, 2.05) is 0 Å². The molecule has 0 aromatic heterocycles. The van der Waals surface area contributed by atoms with Gasteiger partial charge in [-0.3, -0.25) is 4.79 Å². The van der Waals surface area contributed by atoms with Crippen molar-refractivity contribution in [3.63, 3.8) is 0 Å². The zero-order valence-corrected chi connectivity index (χ0v) is 21.8. The molecule has 0 bridgehead atoms. The van der Waals surface area contributed by atoms with E-state index in [2.05, 4.69) is 13.8 Å². The SMILES string of the molecule is CC12CCCCC1CCC1C2CCC2(C)C(CCCC(=O)N3CCc4cc(F)cc(F)c43)CCC12. The van der Waals surface area contributed by atoms with Gasteiger partial charge in [0.15, 0.2) is 0 Å². The van der Waals surface area contributed by atoms with Crippen molar-refractivity contribution in [3.05, 3.63) is 29.3 Å². The Morgan fingerprint density at radius 3 is 2.66 bits per heavy atom. The quantitative estimate of drug-likeness (QED) is 0.424. The van der Waals surface area contributed by atoms with Crippen LogP contribution in [0.2, 0.25) is 0 Å². The maximum atomic E-state index is 14.4. The second-order valence-corrected chi connectivity index (χ2v) is 13.3. The lowest BCUT2D eigenvalue weighted by atomic mass is 9.45. The number of hydrogen-bond donors (Lipinski definition) is 0. The van der Waals surface area contributed by atoms with Crippen molar-refractivity contribution < 1.29 is 13.6 Å². The highest BCUT2D eigenvalue weighted by Crippen LogP contribution is 2.67. The van der Waals surface area contributed by atoms with Crippen LogP contribution in [0.4, 0.5) is 14.5 Å². The molecule has 1 amide bonds. The van der Waals surface area contributed by atoms with E-state index in [4.69, 9.17) is 0 Å². The summed E-state index contributed by atoms with van der Waals surface area (Å²) < 4.78 is 28.0. The average Bonchev–Trinajstić information content (AvgIpc) is 3.40. The minimum Gasteiger partial charge on any atom is -0.309 e. The predicted molar refractivity (Wildman–Crippen MR) is 136 cm³/mol. The van der Waals surface area contributed by atoms with Crippen LogP contribution >= 0.6 is 0 Å².